The normalized spacial score (nSPS) is 10.8. The number of nitrogen functional groups attached to an aromatic ring is 1. The molecule has 18 heavy (non-hydrogen) atoms. The summed E-state index contributed by atoms with van der Waals surface area (Å²) in [7, 11) is 1.69. The standard InChI is InChI=1S/C9H11N5O3S/c1-5-3-6(15)14(17-5)7(16)4-18-9-12-11-8(10)13(9)2/h3H,4H2,1-2H3,(H2,10,11). The van der Waals surface area contributed by atoms with Gasteiger partial charge in [-0.3, -0.25) is 14.2 Å². The molecule has 0 saturated carbocycles. The van der Waals surface area contributed by atoms with Gasteiger partial charge in [0, 0.05) is 13.1 Å². The highest BCUT2D eigenvalue weighted by atomic mass is 32.2. The van der Waals surface area contributed by atoms with E-state index >= 15 is 0 Å². The van der Waals surface area contributed by atoms with E-state index in [0.717, 1.165) is 16.5 Å². The van der Waals surface area contributed by atoms with Gasteiger partial charge in [0.15, 0.2) is 5.16 Å². The van der Waals surface area contributed by atoms with E-state index in [1.54, 1.807) is 18.5 Å². The quantitative estimate of drug-likeness (QED) is 0.774. The van der Waals surface area contributed by atoms with Crippen LogP contribution in [0.15, 0.2) is 20.5 Å². The summed E-state index contributed by atoms with van der Waals surface area (Å²) < 4.78 is 7.25. The molecule has 0 aliphatic rings. The largest absolute Gasteiger partial charge is 0.373 e. The van der Waals surface area contributed by atoms with Crippen LogP contribution in [-0.2, 0) is 7.05 Å². The maximum absolute atomic E-state index is 11.7. The number of thioether (sulfide) groups is 1. The van der Waals surface area contributed by atoms with Gasteiger partial charge in [0.2, 0.25) is 5.95 Å². The Labute approximate surface area is 106 Å². The van der Waals surface area contributed by atoms with E-state index in [-0.39, 0.29) is 11.7 Å². The Morgan fingerprint density at radius 3 is 2.78 bits per heavy atom. The van der Waals surface area contributed by atoms with Crippen molar-refractivity contribution in [1.29, 1.82) is 0 Å². The van der Waals surface area contributed by atoms with Gasteiger partial charge in [-0.2, -0.15) is 0 Å². The molecule has 2 heterocycles. The second kappa shape index (κ2) is 4.69. The predicted octanol–water partition coefficient (Wildman–Crippen LogP) is -0.107. The minimum atomic E-state index is -0.476. The van der Waals surface area contributed by atoms with Crippen molar-refractivity contribution in [2.24, 2.45) is 7.05 Å². The Morgan fingerprint density at radius 1 is 1.56 bits per heavy atom. The van der Waals surface area contributed by atoms with Gasteiger partial charge in [-0.25, -0.2) is 0 Å². The Hall–Kier alpha value is -2.03. The summed E-state index contributed by atoms with van der Waals surface area (Å²) in [6, 6.07) is 1.25. The monoisotopic (exact) mass is 269 g/mol. The summed E-state index contributed by atoms with van der Waals surface area (Å²) in [5.41, 5.74) is 5.03. The van der Waals surface area contributed by atoms with Gasteiger partial charge < -0.3 is 10.3 Å². The third-order valence-electron chi connectivity index (χ3n) is 2.18. The van der Waals surface area contributed by atoms with Crippen molar-refractivity contribution in [2.45, 2.75) is 12.1 Å². The van der Waals surface area contributed by atoms with Crippen molar-refractivity contribution in [3.63, 3.8) is 0 Å². The molecule has 96 valence electrons. The minimum absolute atomic E-state index is 0.0127. The van der Waals surface area contributed by atoms with Crippen LogP contribution in [0.25, 0.3) is 0 Å². The minimum Gasteiger partial charge on any atom is -0.373 e. The van der Waals surface area contributed by atoms with Crippen LogP contribution in [0.4, 0.5) is 5.95 Å². The Kier molecular flexibility index (Phi) is 3.24. The number of aromatic nitrogens is 4. The summed E-state index contributed by atoms with van der Waals surface area (Å²) in [6.45, 7) is 1.60. The summed E-state index contributed by atoms with van der Waals surface area (Å²) in [6.07, 6.45) is 0. The highest BCUT2D eigenvalue weighted by molar-refractivity contribution is 7.99. The third kappa shape index (κ3) is 2.30. The zero-order valence-electron chi connectivity index (χ0n) is 9.78. The maximum atomic E-state index is 11.7. The van der Waals surface area contributed by atoms with E-state index in [1.165, 1.54) is 6.07 Å². The van der Waals surface area contributed by atoms with Crippen molar-refractivity contribution in [2.75, 3.05) is 11.5 Å². The first-order valence-corrected chi connectivity index (χ1v) is 5.98. The number of hydrogen-bond donors (Lipinski definition) is 1. The average molecular weight is 269 g/mol. The number of aryl methyl sites for hydroxylation is 1. The maximum Gasteiger partial charge on any atom is 0.290 e. The number of carbonyl (C=O) groups excluding carboxylic acids is 1. The lowest BCUT2D eigenvalue weighted by Gasteiger charge is -2.00. The molecule has 0 atom stereocenters. The Bertz CT molecular complexity index is 641. The van der Waals surface area contributed by atoms with Crippen molar-refractivity contribution in [3.8, 4) is 0 Å². The lowest BCUT2D eigenvalue weighted by molar-refractivity contribution is 0.0813. The van der Waals surface area contributed by atoms with E-state index in [9.17, 15) is 9.59 Å². The summed E-state index contributed by atoms with van der Waals surface area (Å²) >= 11 is 1.13. The van der Waals surface area contributed by atoms with E-state index in [0.29, 0.717) is 10.9 Å². The summed E-state index contributed by atoms with van der Waals surface area (Å²) in [5, 5.41) is 7.94. The van der Waals surface area contributed by atoms with Crippen molar-refractivity contribution in [3.05, 3.63) is 22.2 Å². The Morgan fingerprint density at radius 2 is 2.28 bits per heavy atom. The highest BCUT2D eigenvalue weighted by Crippen LogP contribution is 2.16. The van der Waals surface area contributed by atoms with Crippen LogP contribution in [0.1, 0.15) is 10.6 Å². The number of rotatable bonds is 3. The van der Waals surface area contributed by atoms with Crippen LogP contribution in [0.3, 0.4) is 0 Å². The molecule has 0 fully saturated rings. The molecule has 2 N–H and O–H groups in total. The smallest absolute Gasteiger partial charge is 0.290 e. The van der Waals surface area contributed by atoms with E-state index < -0.39 is 11.5 Å². The molecule has 0 aliphatic carbocycles. The van der Waals surface area contributed by atoms with Crippen LogP contribution in [0.5, 0.6) is 0 Å². The van der Waals surface area contributed by atoms with E-state index in [2.05, 4.69) is 10.2 Å². The molecule has 0 bridgehead atoms. The first-order valence-electron chi connectivity index (χ1n) is 5.00. The molecule has 2 rings (SSSR count). The SMILES string of the molecule is Cc1cc(=O)n(C(=O)CSc2nnc(N)n2C)o1. The number of carbonyl (C=O) groups is 1. The molecule has 0 unspecified atom stereocenters. The lowest BCUT2D eigenvalue weighted by atomic mass is 10.5. The first-order chi connectivity index (χ1) is 8.49. The predicted molar refractivity (Wildman–Crippen MR) is 64.5 cm³/mol. The van der Waals surface area contributed by atoms with Crippen LogP contribution in [-0.4, -0.2) is 31.2 Å². The molecule has 2 aromatic rings. The fraction of sp³-hybridized carbons (Fsp3) is 0.333. The van der Waals surface area contributed by atoms with E-state index in [4.69, 9.17) is 10.3 Å². The van der Waals surface area contributed by atoms with Crippen LogP contribution < -0.4 is 11.3 Å². The fourth-order valence-corrected chi connectivity index (χ4v) is 2.01. The first kappa shape index (κ1) is 12.4. The number of anilines is 1. The van der Waals surface area contributed by atoms with Gasteiger partial charge in [-0.05, 0) is 6.92 Å². The van der Waals surface area contributed by atoms with Crippen molar-refractivity contribution >= 4 is 23.6 Å². The molecular formula is C9H11N5O3S. The average Bonchev–Trinajstić information content (AvgIpc) is 2.81. The number of nitrogens with zero attached hydrogens (tertiary/aromatic N) is 4. The van der Waals surface area contributed by atoms with Crippen LogP contribution >= 0.6 is 11.8 Å². The zero-order chi connectivity index (χ0) is 13.3. The van der Waals surface area contributed by atoms with Gasteiger partial charge in [0.1, 0.15) is 5.76 Å². The van der Waals surface area contributed by atoms with Crippen LogP contribution in [0.2, 0.25) is 0 Å². The second-order valence-electron chi connectivity index (χ2n) is 3.56. The molecular weight excluding hydrogens is 258 g/mol. The van der Waals surface area contributed by atoms with Crippen molar-refractivity contribution in [1.82, 2.24) is 19.5 Å². The Balaban J connectivity index is 2.07. The van der Waals surface area contributed by atoms with Gasteiger partial charge in [-0.15, -0.1) is 14.9 Å². The molecule has 0 radical (unpaired) electrons. The topological polar surface area (TPSA) is 109 Å². The molecule has 0 aromatic carbocycles. The third-order valence-corrected chi connectivity index (χ3v) is 3.19. The fourth-order valence-electron chi connectivity index (χ4n) is 1.26. The lowest BCUT2D eigenvalue weighted by Crippen LogP contribution is -2.23. The molecule has 0 spiro atoms. The molecule has 2 aromatic heterocycles. The summed E-state index contributed by atoms with van der Waals surface area (Å²) in [4.78, 5) is 23.1. The van der Waals surface area contributed by atoms with Crippen molar-refractivity contribution < 1.29 is 9.32 Å². The highest BCUT2D eigenvalue weighted by Gasteiger charge is 2.14. The number of nitrogens with two attached hydrogens (primary N) is 1. The van der Waals surface area contributed by atoms with E-state index in [1.807, 2.05) is 0 Å². The van der Waals surface area contributed by atoms with Gasteiger partial charge in [0.05, 0.1) is 5.75 Å². The van der Waals surface area contributed by atoms with Gasteiger partial charge in [-0.1, -0.05) is 11.8 Å². The molecule has 0 saturated heterocycles. The molecule has 8 nitrogen and oxygen atoms in total. The molecule has 0 aliphatic heterocycles. The van der Waals surface area contributed by atoms with Gasteiger partial charge in [0.25, 0.3) is 11.5 Å². The molecule has 9 heteroatoms. The van der Waals surface area contributed by atoms with Gasteiger partial charge >= 0.3 is 0 Å². The summed E-state index contributed by atoms with van der Waals surface area (Å²) in [5.74, 6) is 0.204. The number of hydrogen-bond acceptors (Lipinski definition) is 7. The molecule has 0 amide bonds. The zero-order valence-corrected chi connectivity index (χ0v) is 10.6. The van der Waals surface area contributed by atoms with Crippen LogP contribution in [0, 0.1) is 6.92 Å². The second-order valence-corrected chi connectivity index (χ2v) is 4.50.